The van der Waals surface area contributed by atoms with Crippen LogP contribution in [0.2, 0.25) is 0 Å². The molecule has 0 saturated carbocycles. The molecule has 1 saturated heterocycles. The molecule has 98 valence electrons. The van der Waals surface area contributed by atoms with Gasteiger partial charge in [0.1, 0.15) is 6.04 Å². The van der Waals surface area contributed by atoms with Crippen molar-refractivity contribution in [3.8, 4) is 0 Å². The van der Waals surface area contributed by atoms with Gasteiger partial charge in [-0.25, -0.2) is 9.59 Å². The number of rotatable bonds is 3. The zero-order valence-corrected chi connectivity index (χ0v) is 11.1. The minimum absolute atomic E-state index is 0.132. The number of nitrogens with one attached hydrogen (secondary N) is 1. The molecular formula is C8H11N5O3S2. The highest BCUT2D eigenvalue weighted by Gasteiger charge is 2.41. The third-order valence-corrected chi connectivity index (χ3v) is 4.44. The molecule has 0 bridgehead atoms. The molecule has 1 aliphatic rings. The smallest absolute Gasteiger partial charge is 0.327 e. The van der Waals surface area contributed by atoms with Crippen molar-refractivity contribution in [1.82, 2.24) is 19.7 Å². The van der Waals surface area contributed by atoms with Crippen molar-refractivity contribution in [3.63, 3.8) is 0 Å². The van der Waals surface area contributed by atoms with E-state index >= 15 is 0 Å². The van der Waals surface area contributed by atoms with Gasteiger partial charge in [-0.2, -0.15) is 0 Å². The fourth-order valence-corrected chi connectivity index (χ4v) is 3.38. The van der Waals surface area contributed by atoms with E-state index in [0.29, 0.717) is 12.2 Å². The van der Waals surface area contributed by atoms with Crippen LogP contribution in [0.15, 0.2) is 0 Å². The normalized spacial score (nSPS) is 23.1. The summed E-state index contributed by atoms with van der Waals surface area (Å²) in [5.74, 6) is -0.598. The van der Waals surface area contributed by atoms with Gasteiger partial charge < -0.3 is 5.11 Å². The first-order valence-corrected chi connectivity index (χ1v) is 7.04. The first kappa shape index (κ1) is 13.0. The summed E-state index contributed by atoms with van der Waals surface area (Å²) in [7, 11) is 0. The lowest BCUT2D eigenvalue weighted by Crippen LogP contribution is -2.47. The number of carbonyl (C=O) groups is 2. The monoisotopic (exact) mass is 289 g/mol. The summed E-state index contributed by atoms with van der Waals surface area (Å²) in [4.78, 5) is 24.5. The maximum absolute atomic E-state index is 12.0. The van der Waals surface area contributed by atoms with Crippen LogP contribution in [0.25, 0.3) is 0 Å². The quantitative estimate of drug-likeness (QED) is 0.843. The Kier molecular flexibility index (Phi) is 3.97. The molecule has 0 radical (unpaired) electrons. The van der Waals surface area contributed by atoms with Crippen LogP contribution in [-0.4, -0.2) is 54.0 Å². The first-order chi connectivity index (χ1) is 8.63. The Bertz CT molecular complexity index is 440. The molecule has 8 nitrogen and oxygen atoms in total. The average molecular weight is 289 g/mol. The number of carbonyl (C=O) groups excluding carboxylic acids is 1. The predicted octanol–water partition coefficient (Wildman–Crippen LogP) is 0.703. The number of aliphatic carboxylic acids is 1. The van der Waals surface area contributed by atoms with Gasteiger partial charge in [0.15, 0.2) is 0 Å². The van der Waals surface area contributed by atoms with Crippen LogP contribution >= 0.6 is 23.3 Å². The highest BCUT2D eigenvalue weighted by molar-refractivity contribution is 8.00. The Morgan fingerprint density at radius 3 is 2.94 bits per heavy atom. The number of hydrogen-bond donors (Lipinski definition) is 2. The largest absolute Gasteiger partial charge is 0.480 e. The van der Waals surface area contributed by atoms with E-state index in [-0.39, 0.29) is 10.5 Å². The molecule has 1 aromatic rings. The molecule has 1 aliphatic heterocycles. The topological polar surface area (TPSA) is 108 Å². The summed E-state index contributed by atoms with van der Waals surface area (Å²) in [6.07, 6.45) is 0.691. The number of nitrogens with zero attached hydrogens (tertiary/aromatic N) is 4. The van der Waals surface area contributed by atoms with Crippen LogP contribution < -0.4 is 5.32 Å². The van der Waals surface area contributed by atoms with Gasteiger partial charge >= 0.3 is 12.0 Å². The van der Waals surface area contributed by atoms with E-state index in [1.54, 1.807) is 0 Å². The standard InChI is InChI=1S/C8H11N5O3S2/c1-2-5-13(4(3-17-5)6(14)15)8(16)9-7-10-11-12-18-7/h4-5H,2-3H2,1H3,(H,14,15)(H,9,10,12,16). The molecule has 0 aromatic carbocycles. The van der Waals surface area contributed by atoms with E-state index < -0.39 is 18.0 Å². The Balaban J connectivity index is 2.11. The van der Waals surface area contributed by atoms with Crippen LogP contribution in [0, 0.1) is 0 Å². The molecule has 2 unspecified atom stereocenters. The van der Waals surface area contributed by atoms with Crippen LogP contribution in [-0.2, 0) is 4.79 Å². The van der Waals surface area contributed by atoms with Gasteiger partial charge in [-0.15, -0.1) is 11.8 Å². The lowest BCUT2D eigenvalue weighted by Gasteiger charge is -2.25. The van der Waals surface area contributed by atoms with E-state index in [4.69, 9.17) is 5.11 Å². The zero-order valence-electron chi connectivity index (χ0n) is 9.44. The fraction of sp³-hybridized carbons (Fsp3) is 0.625. The molecule has 0 aliphatic carbocycles. The Labute approximate surface area is 111 Å². The van der Waals surface area contributed by atoms with Crippen molar-refractivity contribution in [3.05, 3.63) is 0 Å². The van der Waals surface area contributed by atoms with E-state index in [0.717, 1.165) is 11.5 Å². The van der Waals surface area contributed by atoms with Gasteiger partial charge in [0.05, 0.1) is 5.37 Å². The minimum atomic E-state index is -0.996. The second-order valence-corrected chi connectivity index (χ2v) is 5.50. The third-order valence-electron chi connectivity index (χ3n) is 2.47. The zero-order chi connectivity index (χ0) is 13.1. The van der Waals surface area contributed by atoms with E-state index in [1.807, 2.05) is 6.92 Å². The number of anilines is 1. The molecule has 18 heavy (non-hydrogen) atoms. The molecule has 1 fully saturated rings. The SMILES string of the molecule is CCC1SCC(C(=O)O)N1C(=O)Nc1nnns1. The first-order valence-electron chi connectivity index (χ1n) is 5.22. The predicted molar refractivity (Wildman–Crippen MR) is 66.5 cm³/mol. The van der Waals surface area contributed by atoms with Crippen LogP contribution in [0.3, 0.4) is 0 Å². The van der Waals surface area contributed by atoms with Gasteiger partial charge in [0.2, 0.25) is 5.13 Å². The minimum Gasteiger partial charge on any atom is -0.480 e. The maximum Gasteiger partial charge on any atom is 0.327 e. The number of urea groups is 1. The fourth-order valence-electron chi connectivity index (χ4n) is 1.68. The lowest BCUT2D eigenvalue weighted by atomic mass is 10.3. The number of thioether (sulfide) groups is 1. The second kappa shape index (κ2) is 5.48. The number of hydrogen-bond acceptors (Lipinski definition) is 7. The number of carboxylic acids is 1. The van der Waals surface area contributed by atoms with Gasteiger partial charge in [-0.1, -0.05) is 16.5 Å². The average Bonchev–Trinajstić information content (AvgIpc) is 2.95. The third kappa shape index (κ3) is 2.53. The molecule has 1 aromatic heterocycles. The van der Waals surface area contributed by atoms with Gasteiger partial charge in [0.25, 0.3) is 0 Å². The molecule has 2 N–H and O–H groups in total. The van der Waals surface area contributed by atoms with Gasteiger partial charge in [-0.05, 0) is 11.6 Å². The van der Waals surface area contributed by atoms with Crippen molar-refractivity contribution in [2.24, 2.45) is 0 Å². The van der Waals surface area contributed by atoms with Crippen LogP contribution in [0.5, 0.6) is 0 Å². The highest BCUT2D eigenvalue weighted by Crippen LogP contribution is 2.31. The second-order valence-electron chi connectivity index (χ2n) is 3.56. The van der Waals surface area contributed by atoms with Crippen molar-refractivity contribution in [2.75, 3.05) is 11.1 Å². The molecule has 0 spiro atoms. The van der Waals surface area contributed by atoms with E-state index in [2.05, 4.69) is 20.1 Å². The number of carboxylic acid groups (broad SMARTS) is 1. The Morgan fingerprint density at radius 2 is 2.39 bits per heavy atom. The van der Waals surface area contributed by atoms with Crippen molar-refractivity contribution in [1.29, 1.82) is 0 Å². The molecule has 2 rings (SSSR count). The number of aromatic nitrogens is 3. The lowest BCUT2D eigenvalue weighted by molar-refractivity contribution is -0.141. The van der Waals surface area contributed by atoms with E-state index in [9.17, 15) is 9.59 Å². The molecular weight excluding hydrogens is 278 g/mol. The van der Waals surface area contributed by atoms with Gasteiger partial charge in [0, 0.05) is 17.3 Å². The summed E-state index contributed by atoms with van der Waals surface area (Å²) in [5, 5.41) is 18.7. The Hall–Kier alpha value is -1.42. The summed E-state index contributed by atoms with van der Waals surface area (Å²) in [5.41, 5.74) is 0. The summed E-state index contributed by atoms with van der Waals surface area (Å²) < 4.78 is 3.52. The van der Waals surface area contributed by atoms with Crippen molar-refractivity contribution < 1.29 is 14.7 Å². The number of amides is 2. The van der Waals surface area contributed by atoms with Crippen LogP contribution in [0.4, 0.5) is 9.93 Å². The highest BCUT2D eigenvalue weighted by atomic mass is 32.2. The summed E-state index contributed by atoms with van der Waals surface area (Å²) >= 11 is 2.41. The maximum atomic E-state index is 12.0. The Morgan fingerprint density at radius 1 is 1.61 bits per heavy atom. The van der Waals surface area contributed by atoms with E-state index in [1.165, 1.54) is 16.7 Å². The van der Waals surface area contributed by atoms with Crippen molar-refractivity contribution >= 4 is 40.4 Å². The van der Waals surface area contributed by atoms with Crippen molar-refractivity contribution in [2.45, 2.75) is 24.8 Å². The van der Waals surface area contributed by atoms with Gasteiger partial charge in [-0.3, -0.25) is 10.2 Å². The molecule has 2 amide bonds. The molecule has 2 heterocycles. The molecule has 2 atom stereocenters. The summed E-state index contributed by atoms with van der Waals surface area (Å²) in [6.45, 7) is 1.91. The molecule has 10 heteroatoms. The summed E-state index contributed by atoms with van der Waals surface area (Å²) in [6, 6.07) is -1.28. The van der Waals surface area contributed by atoms with Crippen LogP contribution in [0.1, 0.15) is 13.3 Å².